The fourth-order valence-electron chi connectivity index (χ4n) is 4.03. The van der Waals surface area contributed by atoms with E-state index in [1.165, 1.54) is 0 Å². The second kappa shape index (κ2) is 6.42. The predicted octanol–water partition coefficient (Wildman–Crippen LogP) is 6.63. The summed E-state index contributed by atoms with van der Waals surface area (Å²) in [6, 6.07) is 16.1. The molecule has 0 atom stereocenters. The molecule has 3 aromatic heterocycles. The van der Waals surface area contributed by atoms with E-state index >= 15 is 0 Å². The van der Waals surface area contributed by atoms with E-state index in [2.05, 4.69) is 25.3 Å². The first-order valence-corrected chi connectivity index (χ1v) is 9.58. The third-order valence-electron chi connectivity index (χ3n) is 5.19. The predicted molar refractivity (Wildman–Crippen MR) is 122 cm³/mol. The molecule has 6 aromatic rings. The van der Waals surface area contributed by atoms with Crippen LogP contribution in [-0.2, 0) is 0 Å². The summed E-state index contributed by atoms with van der Waals surface area (Å²) in [6.07, 6.45) is 3.69. The highest BCUT2D eigenvalue weighted by Crippen LogP contribution is 2.40. The molecule has 0 aliphatic carbocycles. The van der Waals surface area contributed by atoms with Gasteiger partial charge in [0.25, 0.3) is 0 Å². The van der Waals surface area contributed by atoms with Gasteiger partial charge in [0.2, 0.25) is 0 Å². The number of hydrogen-bond donors (Lipinski definition) is 0. The average Bonchev–Trinajstić information content (AvgIpc) is 3.38. The van der Waals surface area contributed by atoms with Crippen LogP contribution in [0.5, 0.6) is 0 Å². The average molecular weight is 380 g/mol. The van der Waals surface area contributed by atoms with Crippen molar-refractivity contribution in [2.75, 3.05) is 0 Å². The smallest absolute Gasteiger partial charge is 0.147 e. The maximum atomic E-state index is 6.24. The van der Waals surface area contributed by atoms with E-state index in [9.17, 15) is 0 Å². The van der Waals surface area contributed by atoms with Gasteiger partial charge in [0.15, 0.2) is 0 Å². The first-order valence-electron chi connectivity index (χ1n) is 9.58. The molecule has 3 nitrogen and oxygen atoms in total. The van der Waals surface area contributed by atoms with Crippen molar-refractivity contribution in [3.8, 4) is 0 Å². The van der Waals surface area contributed by atoms with E-state index in [-0.39, 0.29) is 0 Å². The monoisotopic (exact) mass is 380 g/mol. The van der Waals surface area contributed by atoms with Crippen molar-refractivity contribution >= 4 is 67.5 Å². The normalized spacial score (nSPS) is 12.3. The quantitative estimate of drug-likeness (QED) is 0.277. The number of allylic oxidation sites excluding steroid dienone is 1. The second-order valence-corrected chi connectivity index (χ2v) is 6.97. The van der Waals surface area contributed by atoms with E-state index in [0.29, 0.717) is 0 Å². The lowest BCUT2D eigenvalue weighted by Crippen LogP contribution is -2.17. The molecule has 0 fully saturated rings. The molecule has 0 radical (unpaired) electrons. The minimum Gasteiger partial charge on any atom is -0.456 e. The van der Waals surface area contributed by atoms with E-state index in [1.54, 1.807) is 6.08 Å². The lowest BCUT2D eigenvalue weighted by Gasteiger charge is -1.94. The zero-order valence-corrected chi connectivity index (χ0v) is 16.4. The number of para-hydroxylation sites is 1. The van der Waals surface area contributed by atoms with Gasteiger partial charge in [-0.1, -0.05) is 30.9 Å². The Morgan fingerprint density at radius 2 is 1.34 bits per heavy atom. The zero-order chi connectivity index (χ0) is 20.1. The molecule has 6 rings (SSSR count). The van der Waals surface area contributed by atoms with Crippen LogP contribution in [-0.4, -0.2) is 0 Å². The van der Waals surface area contributed by atoms with Gasteiger partial charge in [-0.25, -0.2) is 0 Å². The molecular formula is C26H20O3. The molecule has 0 saturated heterocycles. The van der Waals surface area contributed by atoms with Gasteiger partial charge in [-0.3, -0.25) is 0 Å². The van der Waals surface area contributed by atoms with Crippen LogP contribution in [0, 0.1) is 0 Å². The molecule has 0 saturated carbocycles. The molecule has 0 unspecified atom stereocenters. The first kappa shape index (κ1) is 17.4. The first-order chi connectivity index (χ1) is 14.2. The molecule has 3 heteroatoms. The van der Waals surface area contributed by atoms with Gasteiger partial charge in [-0.15, -0.1) is 6.58 Å². The number of hydrogen-bond acceptors (Lipinski definition) is 3. The molecule has 0 N–H and O–H groups in total. The Bertz CT molecular complexity index is 1660. The fourth-order valence-corrected chi connectivity index (χ4v) is 4.03. The molecule has 3 heterocycles. The fraction of sp³-hybridized carbons (Fsp3) is 0.0769. The molecule has 0 aliphatic heterocycles. The van der Waals surface area contributed by atoms with Gasteiger partial charge in [-0.2, -0.15) is 0 Å². The summed E-state index contributed by atoms with van der Waals surface area (Å²) < 4.78 is 18.3. The van der Waals surface area contributed by atoms with Crippen molar-refractivity contribution in [2.24, 2.45) is 0 Å². The van der Waals surface area contributed by atoms with Crippen molar-refractivity contribution in [3.63, 3.8) is 0 Å². The van der Waals surface area contributed by atoms with Crippen LogP contribution in [0.3, 0.4) is 0 Å². The largest absolute Gasteiger partial charge is 0.456 e. The third kappa shape index (κ3) is 2.37. The van der Waals surface area contributed by atoms with Gasteiger partial charge in [0.1, 0.15) is 33.3 Å². The van der Waals surface area contributed by atoms with Gasteiger partial charge in [0.05, 0.1) is 5.39 Å². The van der Waals surface area contributed by atoms with Gasteiger partial charge < -0.3 is 13.3 Å². The van der Waals surface area contributed by atoms with Gasteiger partial charge in [-0.05, 0) is 50.3 Å². The summed E-state index contributed by atoms with van der Waals surface area (Å²) in [4.78, 5) is 0. The third-order valence-corrected chi connectivity index (χ3v) is 5.19. The van der Waals surface area contributed by atoms with E-state index in [0.717, 1.165) is 65.5 Å². The topological polar surface area (TPSA) is 39.4 Å². The number of rotatable bonds is 0. The summed E-state index contributed by atoms with van der Waals surface area (Å²) in [7, 11) is 0. The van der Waals surface area contributed by atoms with E-state index in [4.69, 9.17) is 13.3 Å². The Kier molecular flexibility index (Phi) is 3.85. The molecule has 3 aromatic carbocycles. The summed E-state index contributed by atoms with van der Waals surface area (Å²) in [5.74, 6) is 0. The van der Waals surface area contributed by atoms with Crippen molar-refractivity contribution in [1.29, 1.82) is 0 Å². The minimum absolute atomic E-state index is 0.790. The molecule has 0 spiro atoms. The highest BCUT2D eigenvalue weighted by molar-refractivity contribution is 6.27. The Morgan fingerprint density at radius 1 is 0.690 bits per heavy atom. The standard InChI is InChI=1S/C23H14O3.C3H6/c1-3-15-12(2)20-17(24-15)10-11-18-21(20)22-19(25-18)9-8-14-13-6-4-5-7-16(13)26-23(14)22;1-3-2/h3-11H,2H2,1H3;3H,1H2,2H3/b15-3+;. The summed E-state index contributed by atoms with van der Waals surface area (Å²) in [5.41, 5.74) is 4.94. The molecule has 0 bridgehead atoms. The summed E-state index contributed by atoms with van der Waals surface area (Å²) in [6.45, 7) is 11.4. The Balaban J connectivity index is 0.000000573. The van der Waals surface area contributed by atoms with Crippen LogP contribution in [0.15, 0.2) is 74.4 Å². The Morgan fingerprint density at radius 3 is 2.10 bits per heavy atom. The number of fused-ring (bicyclic) bond motifs is 9. The highest BCUT2D eigenvalue weighted by Gasteiger charge is 2.19. The zero-order valence-electron chi connectivity index (χ0n) is 16.4. The number of benzene rings is 3. The summed E-state index contributed by atoms with van der Waals surface area (Å²) >= 11 is 0. The van der Waals surface area contributed by atoms with Crippen molar-refractivity contribution in [3.05, 3.63) is 71.8 Å². The van der Waals surface area contributed by atoms with Crippen LogP contribution >= 0.6 is 0 Å². The van der Waals surface area contributed by atoms with Crippen molar-refractivity contribution in [1.82, 2.24) is 0 Å². The molecule has 0 amide bonds. The lowest BCUT2D eigenvalue weighted by atomic mass is 10.0. The molecule has 0 aliphatic rings. The Labute approximate surface area is 166 Å². The maximum absolute atomic E-state index is 6.24. The van der Waals surface area contributed by atoms with Crippen LogP contribution in [0.4, 0.5) is 0 Å². The Hall–Kier alpha value is -3.72. The van der Waals surface area contributed by atoms with Crippen molar-refractivity contribution in [2.45, 2.75) is 13.8 Å². The van der Waals surface area contributed by atoms with E-state index < -0.39 is 0 Å². The summed E-state index contributed by atoms with van der Waals surface area (Å²) in [5, 5.41) is 6.04. The van der Waals surface area contributed by atoms with Crippen LogP contribution < -0.4 is 10.6 Å². The molecule has 142 valence electrons. The van der Waals surface area contributed by atoms with E-state index in [1.807, 2.05) is 56.3 Å². The maximum Gasteiger partial charge on any atom is 0.147 e. The molecular weight excluding hydrogens is 360 g/mol. The van der Waals surface area contributed by atoms with Crippen molar-refractivity contribution < 1.29 is 13.3 Å². The van der Waals surface area contributed by atoms with Crippen LogP contribution in [0.1, 0.15) is 13.8 Å². The second-order valence-electron chi connectivity index (χ2n) is 6.97. The SMILES string of the molecule is C=CC.C=c1/c(=C\C)oc2ccc3oc4ccc5c6ccccc6oc5c4c3c12. The van der Waals surface area contributed by atoms with Gasteiger partial charge in [0, 0.05) is 26.8 Å². The minimum atomic E-state index is 0.790. The van der Waals surface area contributed by atoms with Crippen LogP contribution in [0.2, 0.25) is 0 Å². The van der Waals surface area contributed by atoms with Gasteiger partial charge >= 0.3 is 0 Å². The molecule has 29 heavy (non-hydrogen) atoms. The number of furan rings is 3. The lowest BCUT2D eigenvalue weighted by molar-refractivity contribution is 0.575. The van der Waals surface area contributed by atoms with Crippen LogP contribution in [0.25, 0.3) is 67.5 Å². The highest BCUT2D eigenvalue weighted by atomic mass is 16.3.